The molecule has 130 valence electrons. The van der Waals surface area contributed by atoms with Gasteiger partial charge in [-0.25, -0.2) is 0 Å². The van der Waals surface area contributed by atoms with Crippen molar-refractivity contribution in [2.75, 3.05) is 26.2 Å². The molecular weight excluding hydrogens is 306 g/mol. The highest BCUT2D eigenvalue weighted by Gasteiger charge is 2.28. The summed E-state index contributed by atoms with van der Waals surface area (Å²) in [5.74, 6) is -0.154. The van der Waals surface area contributed by atoms with E-state index < -0.39 is 0 Å². The molecule has 3 rings (SSSR count). The first-order chi connectivity index (χ1) is 11.7. The fourth-order valence-electron chi connectivity index (χ4n) is 3.23. The summed E-state index contributed by atoms with van der Waals surface area (Å²) in [5, 5.41) is 5.61. The predicted molar refractivity (Wildman–Crippen MR) is 90.3 cm³/mol. The van der Waals surface area contributed by atoms with Crippen LogP contribution in [0.15, 0.2) is 30.3 Å². The Balaban J connectivity index is 1.48. The predicted octanol–water partition coefficient (Wildman–Crippen LogP) is 0.672. The van der Waals surface area contributed by atoms with Gasteiger partial charge < -0.3 is 15.4 Å². The molecule has 0 bridgehead atoms. The molecule has 0 unspecified atom stereocenters. The van der Waals surface area contributed by atoms with E-state index in [2.05, 4.69) is 39.8 Å². The summed E-state index contributed by atoms with van der Waals surface area (Å²) < 4.78 is 5.86. The maximum atomic E-state index is 12.1. The zero-order valence-corrected chi connectivity index (χ0v) is 13.9. The molecule has 2 saturated heterocycles. The van der Waals surface area contributed by atoms with Crippen LogP contribution in [0.5, 0.6) is 0 Å². The van der Waals surface area contributed by atoms with E-state index in [1.165, 1.54) is 5.56 Å². The van der Waals surface area contributed by atoms with Gasteiger partial charge in [-0.2, -0.15) is 0 Å². The minimum absolute atomic E-state index is 0.0164. The smallest absolute Gasteiger partial charge is 0.242 e. The summed E-state index contributed by atoms with van der Waals surface area (Å²) >= 11 is 0. The van der Waals surface area contributed by atoms with E-state index in [1.54, 1.807) is 0 Å². The Morgan fingerprint density at radius 2 is 2.17 bits per heavy atom. The maximum Gasteiger partial charge on any atom is 0.242 e. The third kappa shape index (κ3) is 4.79. The summed E-state index contributed by atoms with van der Waals surface area (Å²) in [7, 11) is 0. The van der Waals surface area contributed by atoms with E-state index in [9.17, 15) is 9.59 Å². The van der Waals surface area contributed by atoms with Crippen molar-refractivity contribution in [2.24, 2.45) is 0 Å². The summed E-state index contributed by atoms with van der Waals surface area (Å²) in [6.45, 7) is 3.89. The van der Waals surface area contributed by atoms with Crippen LogP contribution in [0, 0.1) is 0 Å². The third-order valence-corrected chi connectivity index (χ3v) is 4.50. The van der Waals surface area contributed by atoms with Gasteiger partial charge >= 0.3 is 0 Å². The summed E-state index contributed by atoms with van der Waals surface area (Å²) in [4.78, 5) is 25.7. The zero-order valence-electron chi connectivity index (χ0n) is 13.9. The van der Waals surface area contributed by atoms with E-state index in [0.717, 1.165) is 26.1 Å². The first-order valence-electron chi connectivity index (χ1n) is 8.65. The molecule has 2 atom stereocenters. The quantitative estimate of drug-likeness (QED) is 0.832. The van der Waals surface area contributed by atoms with Crippen LogP contribution in [0.3, 0.4) is 0 Å². The largest absolute Gasteiger partial charge is 0.375 e. The van der Waals surface area contributed by atoms with E-state index in [4.69, 9.17) is 4.74 Å². The normalized spacial score (nSPS) is 25.1. The summed E-state index contributed by atoms with van der Waals surface area (Å²) in [6.07, 6.45) is 1.99. The number of rotatable bonds is 5. The second-order valence-corrected chi connectivity index (χ2v) is 6.47. The first kappa shape index (κ1) is 16.9. The van der Waals surface area contributed by atoms with Gasteiger partial charge in [0.15, 0.2) is 0 Å². The molecule has 2 N–H and O–H groups in total. The SMILES string of the molecule is O=C1CC[C@H](C(=O)NC[C@H]2CN(Cc3ccccc3)CCCO2)N1. The van der Waals surface area contributed by atoms with Gasteiger partial charge in [0.05, 0.1) is 6.10 Å². The van der Waals surface area contributed by atoms with Gasteiger partial charge in [0, 0.05) is 39.2 Å². The number of nitrogens with one attached hydrogen (secondary N) is 2. The second kappa shape index (κ2) is 8.26. The van der Waals surface area contributed by atoms with Crippen molar-refractivity contribution in [3.63, 3.8) is 0 Å². The van der Waals surface area contributed by atoms with Gasteiger partial charge in [-0.1, -0.05) is 30.3 Å². The lowest BCUT2D eigenvalue weighted by Crippen LogP contribution is -2.46. The van der Waals surface area contributed by atoms with Crippen LogP contribution in [0.1, 0.15) is 24.8 Å². The number of carbonyl (C=O) groups excluding carboxylic acids is 2. The van der Waals surface area contributed by atoms with E-state index >= 15 is 0 Å². The van der Waals surface area contributed by atoms with Crippen molar-refractivity contribution in [1.82, 2.24) is 15.5 Å². The van der Waals surface area contributed by atoms with Gasteiger partial charge in [0.1, 0.15) is 6.04 Å². The molecule has 6 heteroatoms. The highest BCUT2D eigenvalue weighted by Crippen LogP contribution is 2.11. The third-order valence-electron chi connectivity index (χ3n) is 4.50. The fourth-order valence-corrected chi connectivity index (χ4v) is 3.23. The molecule has 1 aromatic carbocycles. The van der Waals surface area contributed by atoms with Crippen molar-refractivity contribution >= 4 is 11.8 Å². The minimum Gasteiger partial charge on any atom is -0.375 e. The highest BCUT2D eigenvalue weighted by atomic mass is 16.5. The molecule has 0 spiro atoms. The molecule has 2 aliphatic heterocycles. The van der Waals surface area contributed by atoms with E-state index in [0.29, 0.717) is 26.0 Å². The lowest BCUT2D eigenvalue weighted by Gasteiger charge is -2.24. The Bertz CT molecular complexity index is 564. The molecule has 6 nitrogen and oxygen atoms in total. The number of hydrogen-bond acceptors (Lipinski definition) is 4. The van der Waals surface area contributed by atoms with Gasteiger partial charge in [-0.3, -0.25) is 14.5 Å². The van der Waals surface area contributed by atoms with Crippen LogP contribution >= 0.6 is 0 Å². The lowest BCUT2D eigenvalue weighted by atomic mass is 10.2. The van der Waals surface area contributed by atoms with Crippen molar-refractivity contribution < 1.29 is 14.3 Å². The molecule has 0 aliphatic carbocycles. The van der Waals surface area contributed by atoms with Crippen LogP contribution in [0.25, 0.3) is 0 Å². The standard InChI is InChI=1S/C18H25N3O3/c22-17-8-7-16(20-17)18(23)19-11-15-13-21(9-4-10-24-15)12-14-5-2-1-3-6-14/h1-3,5-6,15-16H,4,7-13H2,(H,19,23)(H,20,22)/t15-,16+/m0/s1. The average molecular weight is 331 g/mol. The molecule has 2 fully saturated rings. The number of amides is 2. The van der Waals surface area contributed by atoms with Crippen LogP contribution in [-0.4, -0.2) is 55.1 Å². The number of hydrogen-bond donors (Lipinski definition) is 2. The van der Waals surface area contributed by atoms with E-state index in [1.807, 2.05) is 6.07 Å². The van der Waals surface area contributed by atoms with Crippen molar-refractivity contribution in [3.05, 3.63) is 35.9 Å². The van der Waals surface area contributed by atoms with Gasteiger partial charge in [-0.15, -0.1) is 0 Å². The van der Waals surface area contributed by atoms with Crippen LogP contribution in [-0.2, 0) is 20.9 Å². The van der Waals surface area contributed by atoms with Crippen molar-refractivity contribution in [1.29, 1.82) is 0 Å². The molecule has 0 radical (unpaired) electrons. The molecule has 24 heavy (non-hydrogen) atoms. The van der Waals surface area contributed by atoms with Crippen molar-refractivity contribution in [3.8, 4) is 0 Å². The Kier molecular flexibility index (Phi) is 5.82. The number of benzene rings is 1. The number of carbonyl (C=O) groups is 2. The number of ether oxygens (including phenoxy) is 1. The zero-order chi connectivity index (χ0) is 16.8. The fraction of sp³-hybridized carbons (Fsp3) is 0.556. The highest BCUT2D eigenvalue weighted by molar-refractivity contribution is 5.90. The van der Waals surface area contributed by atoms with Crippen LogP contribution < -0.4 is 10.6 Å². The lowest BCUT2D eigenvalue weighted by molar-refractivity contribution is -0.126. The van der Waals surface area contributed by atoms with Gasteiger partial charge in [0.25, 0.3) is 0 Å². The van der Waals surface area contributed by atoms with Crippen molar-refractivity contribution in [2.45, 2.75) is 38.0 Å². The topological polar surface area (TPSA) is 70.7 Å². The Morgan fingerprint density at radius 1 is 1.33 bits per heavy atom. The Morgan fingerprint density at radius 3 is 2.92 bits per heavy atom. The van der Waals surface area contributed by atoms with Gasteiger partial charge in [-0.05, 0) is 18.4 Å². The first-order valence-corrected chi connectivity index (χ1v) is 8.65. The minimum atomic E-state index is -0.385. The Labute approximate surface area is 142 Å². The molecule has 1 aromatic rings. The number of nitrogens with zero attached hydrogens (tertiary/aromatic N) is 1. The molecule has 2 aliphatic rings. The summed E-state index contributed by atoms with van der Waals surface area (Å²) in [5.41, 5.74) is 1.29. The monoisotopic (exact) mass is 331 g/mol. The molecule has 0 saturated carbocycles. The molecule has 0 aromatic heterocycles. The van der Waals surface area contributed by atoms with Gasteiger partial charge in [0.2, 0.25) is 11.8 Å². The second-order valence-electron chi connectivity index (χ2n) is 6.47. The maximum absolute atomic E-state index is 12.1. The average Bonchev–Trinajstić information content (AvgIpc) is 2.90. The molecular formula is C18H25N3O3. The Hall–Kier alpha value is -1.92. The molecule has 2 heterocycles. The molecule has 2 amide bonds. The van der Waals surface area contributed by atoms with Crippen LogP contribution in [0.4, 0.5) is 0 Å². The van der Waals surface area contributed by atoms with E-state index in [-0.39, 0.29) is 24.0 Å². The van der Waals surface area contributed by atoms with Crippen LogP contribution in [0.2, 0.25) is 0 Å². The summed E-state index contributed by atoms with van der Waals surface area (Å²) in [6, 6.07) is 10.0.